The summed E-state index contributed by atoms with van der Waals surface area (Å²) < 4.78 is 5.58. The van der Waals surface area contributed by atoms with E-state index in [4.69, 9.17) is 4.74 Å². The molecule has 1 amide bonds. The van der Waals surface area contributed by atoms with Gasteiger partial charge >= 0.3 is 0 Å². The lowest BCUT2D eigenvalue weighted by Crippen LogP contribution is -2.31. The zero-order valence-electron chi connectivity index (χ0n) is 14.4. The lowest BCUT2D eigenvalue weighted by Gasteiger charge is -2.17. The first kappa shape index (κ1) is 18.2. The summed E-state index contributed by atoms with van der Waals surface area (Å²) in [5.74, 6) is 0.792. The van der Waals surface area contributed by atoms with Crippen LogP contribution in [0.5, 0.6) is 5.75 Å². The Bertz CT molecular complexity index is 694. The molecule has 24 heavy (non-hydrogen) atoms. The average Bonchev–Trinajstić information content (AvgIpc) is 2.91. The molecular weight excluding hydrogens is 322 g/mol. The van der Waals surface area contributed by atoms with Crippen LogP contribution < -0.4 is 4.74 Å². The van der Waals surface area contributed by atoms with Crippen molar-refractivity contribution in [3.63, 3.8) is 0 Å². The Balaban J connectivity index is 1.73. The van der Waals surface area contributed by atoms with Gasteiger partial charge in [0.1, 0.15) is 12.4 Å². The summed E-state index contributed by atoms with van der Waals surface area (Å²) in [4.78, 5) is 28.1. The van der Waals surface area contributed by atoms with E-state index in [1.54, 1.807) is 23.3 Å². The van der Waals surface area contributed by atoms with Crippen molar-refractivity contribution in [3.8, 4) is 5.75 Å². The molecule has 0 unspecified atom stereocenters. The van der Waals surface area contributed by atoms with Crippen LogP contribution in [0.1, 0.15) is 33.0 Å². The van der Waals surface area contributed by atoms with Crippen molar-refractivity contribution in [1.29, 1.82) is 0 Å². The molecule has 0 fully saturated rings. The van der Waals surface area contributed by atoms with E-state index in [9.17, 15) is 9.59 Å². The van der Waals surface area contributed by atoms with E-state index in [1.165, 1.54) is 0 Å². The maximum atomic E-state index is 12.2. The van der Waals surface area contributed by atoms with Crippen molar-refractivity contribution >= 4 is 23.0 Å². The summed E-state index contributed by atoms with van der Waals surface area (Å²) in [5, 5.41) is 0. The van der Waals surface area contributed by atoms with Crippen molar-refractivity contribution in [2.75, 3.05) is 20.2 Å². The second kappa shape index (κ2) is 8.64. The van der Waals surface area contributed by atoms with Gasteiger partial charge in [-0.05, 0) is 32.0 Å². The lowest BCUT2D eigenvalue weighted by molar-refractivity contribution is -0.130. The number of ketones is 1. The Morgan fingerprint density at radius 2 is 1.83 bits per heavy atom. The van der Waals surface area contributed by atoms with Crippen LogP contribution in [0.4, 0.5) is 0 Å². The fourth-order valence-electron chi connectivity index (χ4n) is 2.40. The van der Waals surface area contributed by atoms with Gasteiger partial charge in [-0.1, -0.05) is 18.2 Å². The highest BCUT2D eigenvalue weighted by Crippen LogP contribution is 2.22. The maximum Gasteiger partial charge on any atom is 0.222 e. The summed E-state index contributed by atoms with van der Waals surface area (Å²) in [6.07, 6.45) is 0.481. The highest BCUT2D eigenvalue weighted by molar-refractivity contribution is 7.12. The molecule has 0 saturated carbocycles. The molecule has 0 bridgehead atoms. The molecule has 128 valence electrons. The van der Waals surface area contributed by atoms with Crippen LogP contribution in [0.2, 0.25) is 0 Å². The Hall–Kier alpha value is -2.14. The van der Waals surface area contributed by atoms with Crippen LogP contribution in [-0.4, -0.2) is 36.8 Å². The molecule has 0 aliphatic rings. The number of hydrogen-bond donors (Lipinski definition) is 0. The SMILES string of the molecule is Cc1cc(C(=O)CCC(=O)N(C)CCOc2ccccc2)c(C)s1. The topological polar surface area (TPSA) is 46.6 Å². The number of carbonyl (C=O) groups excluding carboxylic acids is 2. The van der Waals surface area contributed by atoms with Gasteiger partial charge in [0.2, 0.25) is 5.91 Å². The highest BCUT2D eigenvalue weighted by Gasteiger charge is 2.15. The van der Waals surface area contributed by atoms with Gasteiger partial charge in [0, 0.05) is 35.2 Å². The summed E-state index contributed by atoms with van der Waals surface area (Å²) >= 11 is 1.61. The van der Waals surface area contributed by atoms with E-state index < -0.39 is 0 Å². The molecule has 0 N–H and O–H groups in total. The first-order chi connectivity index (χ1) is 11.5. The van der Waals surface area contributed by atoms with Crippen molar-refractivity contribution in [2.45, 2.75) is 26.7 Å². The van der Waals surface area contributed by atoms with Crippen molar-refractivity contribution in [3.05, 3.63) is 51.7 Å². The summed E-state index contributed by atoms with van der Waals surface area (Å²) in [7, 11) is 1.74. The van der Waals surface area contributed by atoms with Crippen molar-refractivity contribution < 1.29 is 14.3 Å². The van der Waals surface area contributed by atoms with Gasteiger partial charge in [-0.25, -0.2) is 0 Å². The minimum atomic E-state index is -0.0374. The minimum absolute atomic E-state index is 0.0374. The third-order valence-electron chi connectivity index (χ3n) is 3.77. The monoisotopic (exact) mass is 345 g/mol. The minimum Gasteiger partial charge on any atom is -0.492 e. The molecule has 2 aromatic rings. The van der Waals surface area contributed by atoms with Gasteiger partial charge in [-0.3, -0.25) is 9.59 Å². The van der Waals surface area contributed by atoms with Crippen LogP contribution in [-0.2, 0) is 4.79 Å². The second-order valence-electron chi connectivity index (χ2n) is 5.73. The Labute approximate surface area is 147 Å². The molecule has 0 aliphatic carbocycles. The molecule has 2 rings (SSSR count). The van der Waals surface area contributed by atoms with Crippen LogP contribution >= 0.6 is 11.3 Å². The molecule has 0 spiro atoms. The summed E-state index contributed by atoms with van der Waals surface area (Å²) in [6, 6.07) is 11.4. The molecule has 1 heterocycles. The average molecular weight is 345 g/mol. The maximum absolute atomic E-state index is 12.2. The number of nitrogens with zero attached hydrogens (tertiary/aromatic N) is 1. The number of amides is 1. The normalized spacial score (nSPS) is 10.5. The Morgan fingerprint density at radius 1 is 1.12 bits per heavy atom. The van der Waals surface area contributed by atoms with Crippen LogP contribution in [0.25, 0.3) is 0 Å². The largest absolute Gasteiger partial charge is 0.492 e. The zero-order valence-corrected chi connectivity index (χ0v) is 15.2. The van der Waals surface area contributed by atoms with Gasteiger partial charge < -0.3 is 9.64 Å². The van der Waals surface area contributed by atoms with Crippen molar-refractivity contribution in [1.82, 2.24) is 4.90 Å². The van der Waals surface area contributed by atoms with E-state index in [0.717, 1.165) is 21.1 Å². The molecule has 0 saturated heterocycles. The Morgan fingerprint density at radius 3 is 2.46 bits per heavy atom. The van der Waals surface area contributed by atoms with Gasteiger partial charge in [0.25, 0.3) is 0 Å². The van der Waals surface area contributed by atoms with E-state index in [-0.39, 0.29) is 24.5 Å². The van der Waals surface area contributed by atoms with E-state index in [1.807, 2.05) is 50.2 Å². The molecule has 5 heteroatoms. The summed E-state index contributed by atoms with van der Waals surface area (Å²) in [6.45, 7) is 4.86. The second-order valence-corrected chi connectivity index (χ2v) is 7.19. The third kappa shape index (κ3) is 5.20. The number of ether oxygens (including phenoxy) is 1. The third-order valence-corrected chi connectivity index (χ3v) is 4.74. The van der Waals surface area contributed by atoms with Crippen molar-refractivity contribution in [2.24, 2.45) is 0 Å². The number of para-hydroxylation sites is 1. The number of likely N-dealkylation sites (N-methyl/N-ethyl adjacent to an activating group) is 1. The number of rotatable bonds is 8. The number of Topliss-reactive ketones (excluding diaryl/α,β-unsaturated/α-hetero) is 1. The van der Waals surface area contributed by atoms with Gasteiger partial charge in [-0.15, -0.1) is 11.3 Å². The number of hydrogen-bond acceptors (Lipinski definition) is 4. The molecule has 0 radical (unpaired) electrons. The quantitative estimate of drug-likeness (QED) is 0.683. The predicted molar refractivity (Wildman–Crippen MR) is 96.9 cm³/mol. The fraction of sp³-hybridized carbons (Fsp3) is 0.368. The Kier molecular flexibility index (Phi) is 6.55. The standard InChI is InChI=1S/C19H23NO3S/c1-14-13-17(15(2)24-14)18(21)9-10-19(22)20(3)11-12-23-16-7-5-4-6-8-16/h4-8,13H,9-12H2,1-3H3. The van der Waals surface area contributed by atoms with Gasteiger partial charge in [0.05, 0.1) is 6.54 Å². The molecule has 1 aromatic carbocycles. The van der Waals surface area contributed by atoms with Crippen LogP contribution in [0, 0.1) is 13.8 Å². The van der Waals surface area contributed by atoms with Crippen LogP contribution in [0.15, 0.2) is 36.4 Å². The summed E-state index contributed by atoms with van der Waals surface area (Å²) in [5.41, 5.74) is 0.750. The fourth-order valence-corrected chi connectivity index (χ4v) is 3.34. The molecular formula is C19H23NO3S. The predicted octanol–water partition coefficient (Wildman–Crippen LogP) is 3.87. The lowest BCUT2D eigenvalue weighted by atomic mass is 10.1. The molecule has 0 aliphatic heterocycles. The molecule has 1 aromatic heterocycles. The van der Waals surface area contributed by atoms with E-state index >= 15 is 0 Å². The molecule has 0 atom stereocenters. The number of carbonyl (C=O) groups is 2. The van der Waals surface area contributed by atoms with Gasteiger partial charge in [0.15, 0.2) is 5.78 Å². The van der Waals surface area contributed by atoms with Gasteiger partial charge in [-0.2, -0.15) is 0 Å². The zero-order chi connectivity index (χ0) is 17.5. The first-order valence-corrected chi connectivity index (χ1v) is 8.81. The van der Waals surface area contributed by atoms with E-state index in [2.05, 4.69) is 0 Å². The highest BCUT2D eigenvalue weighted by atomic mass is 32.1. The number of thiophene rings is 1. The number of aryl methyl sites for hydroxylation is 2. The van der Waals surface area contributed by atoms with E-state index in [0.29, 0.717) is 13.2 Å². The first-order valence-electron chi connectivity index (χ1n) is 7.99. The van der Waals surface area contributed by atoms with Crippen LogP contribution in [0.3, 0.4) is 0 Å². The smallest absolute Gasteiger partial charge is 0.222 e. The molecule has 4 nitrogen and oxygen atoms in total. The number of benzene rings is 1.